The van der Waals surface area contributed by atoms with Crippen molar-refractivity contribution in [2.45, 2.75) is 46.7 Å². The van der Waals surface area contributed by atoms with Crippen LogP contribution in [0.3, 0.4) is 0 Å². The van der Waals surface area contributed by atoms with Crippen LogP contribution in [0.4, 0.5) is 0 Å². The fraction of sp³-hybridized carbons (Fsp3) is 0.600. The molecule has 0 heterocycles. The highest BCUT2D eigenvalue weighted by Gasteiger charge is 2.10. The van der Waals surface area contributed by atoms with Gasteiger partial charge in [0.15, 0.2) is 0 Å². The Labute approximate surface area is 105 Å². The summed E-state index contributed by atoms with van der Waals surface area (Å²) >= 11 is 0. The summed E-state index contributed by atoms with van der Waals surface area (Å²) in [5.74, 6) is 1.55. The molecule has 0 aromatic heterocycles. The summed E-state index contributed by atoms with van der Waals surface area (Å²) in [5.41, 5.74) is 1.36. The number of hydrogen-bond acceptors (Lipinski definition) is 2. The summed E-state index contributed by atoms with van der Waals surface area (Å²) in [6.45, 7) is 12.5. The van der Waals surface area contributed by atoms with Gasteiger partial charge in [-0.25, -0.2) is 0 Å². The van der Waals surface area contributed by atoms with Crippen LogP contribution in [0, 0.1) is 5.92 Å². The molecule has 0 aliphatic carbocycles. The number of ether oxygens (including phenoxy) is 1. The standard InChI is InChI=1S/C15H25NO/c1-12(2)11-17-14-9-7-6-8-13(14)10-16-15(3,4)5/h6-9,12,16H,10-11H2,1-5H3. The van der Waals surface area contributed by atoms with Crippen molar-refractivity contribution in [1.82, 2.24) is 5.32 Å². The van der Waals surface area contributed by atoms with Gasteiger partial charge in [-0.3, -0.25) is 0 Å². The first-order valence-electron chi connectivity index (χ1n) is 6.34. The van der Waals surface area contributed by atoms with Gasteiger partial charge >= 0.3 is 0 Å². The molecule has 0 amide bonds. The van der Waals surface area contributed by atoms with E-state index in [0.717, 1.165) is 18.9 Å². The smallest absolute Gasteiger partial charge is 0.123 e. The molecule has 1 N–H and O–H groups in total. The number of para-hydroxylation sites is 1. The first-order valence-corrected chi connectivity index (χ1v) is 6.34. The third kappa shape index (κ3) is 5.73. The van der Waals surface area contributed by atoms with Crippen LogP contribution < -0.4 is 10.1 Å². The molecular formula is C15H25NO. The Kier molecular flexibility index (Phi) is 5.01. The van der Waals surface area contributed by atoms with Crippen molar-refractivity contribution in [3.05, 3.63) is 29.8 Å². The molecule has 96 valence electrons. The third-order valence-electron chi connectivity index (χ3n) is 2.35. The van der Waals surface area contributed by atoms with Crippen molar-refractivity contribution < 1.29 is 4.74 Å². The van der Waals surface area contributed by atoms with E-state index in [0.29, 0.717) is 5.92 Å². The zero-order chi connectivity index (χ0) is 12.9. The normalized spacial score (nSPS) is 11.9. The predicted octanol–water partition coefficient (Wildman–Crippen LogP) is 3.61. The van der Waals surface area contributed by atoms with Crippen molar-refractivity contribution in [2.24, 2.45) is 5.92 Å². The van der Waals surface area contributed by atoms with Gasteiger partial charge in [0, 0.05) is 17.6 Å². The Morgan fingerprint density at radius 3 is 2.41 bits per heavy atom. The van der Waals surface area contributed by atoms with Gasteiger partial charge in [-0.15, -0.1) is 0 Å². The average molecular weight is 235 g/mol. The van der Waals surface area contributed by atoms with Crippen molar-refractivity contribution in [2.75, 3.05) is 6.61 Å². The van der Waals surface area contributed by atoms with Crippen LogP contribution in [-0.4, -0.2) is 12.1 Å². The number of nitrogens with one attached hydrogen (secondary N) is 1. The summed E-state index contributed by atoms with van der Waals surface area (Å²) in [7, 11) is 0. The van der Waals surface area contributed by atoms with Gasteiger partial charge in [-0.2, -0.15) is 0 Å². The van der Waals surface area contributed by atoms with Crippen molar-refractivity contribution in [3.8, 4) is 5.75 Å². The Balaban J connectivity index is 2.64. The molecule has 17 heavy (non-hydrogen) atoms. The zero-order valence-corrected chi connectivity index (χ0v) is 11.7. The van der Waals surface area contributed by atoms with Crippen molar-refractivity contribution in [3.63, 3.8) is 0 Å². The Bertz CT molecular complexity index is 339. The molecule has 0 spiro atoms. The quantitative estimate of drug-likeness (QED) is 0.842. The molecule has 0 aliphatic heterocycles. The SMILES string of the molecule is CC(C)COc1ccccc1CNC(C)(C)C. The molecule has 1 aromatic carbocycles. The fourth-order valence-electron chi connectivity index (χ4n) is 1.41. The molecule has 0 radical (unpaired) electrons. The van der Waals surface area contributed by atoms with Crippen LogP contribution in [-0.2, 0) is 6.54 Å². The highest BCUT2D eigenvalue weighted by atomic mass is 16.5. The van der Waals surface area contributed by atoms with E-state index in [1.165, 1.54) is 5.56 Å². The summed E-state index contributed by atoms with van der Waals surface area (Å²) in [6, 6.07) is 8.24. The molecule has 0 unspecified atom stereocenters. The summed E-state index contributed by atoms with van der Waals surface area (Å²) < 4.78 is 5.82. The van der Waals surface area contributed by atoms with Crippen LogP contribution in [0.25, 0.3) is 0 Å². The lowest BCUT2D eigenvalue weighted by Crippen LogP contribution is -2.35. The molecule has 0 aliphatic rings. The first-order chi connectivity index (χ1) is 7.88. The average Bonchev–Trinajstić information content (AvgIpc) is 2.23. The van der Waals surface area contributed by atoms with Crippen molar-refractivity contribution in [1.29, 1.82) is 0 Å². The van der Waals surface area contributed by atoms with Gasteiger partial charge in [0.2, 0.25) is 0 Å². The molecule has 0 bridgehead atoms. The molecule has 2 heteroatoms. The number of rotatable bonds is 5. The lowest BCUT2D eigenvalue weighted by Gasteiger charge is -2.22. The summed E-state index contributed by atoms with van der Waals surface area (Å²) in [5, 5.41) is 3.49. The molecule has 1 aromatic rings. The zero-order valence-electron chi connectivity index (χ0n) is 11.7. The molecule has 2 nitrogen and oxygen atoms in total. The van der Waals surface area contributed by atoms with Gasteiger partial charge in [-0.05, 0) is 32.8 Å². The van der Waals surface area contributed by atoms with E-state index in [9.17, 15) is 0 Å². The Morgan fingerprint density at radius 1 is 1.18 bits per heavy atom. The van der Waals surface area contributed by atoms with Gasteiger partial charge in [-0.1, -0.05) is 32.0 Å². The van der Waals surface area contributed by atoms with Gasteiger partial charge in [0.05, 0.1) is 6.61 Å². The van der Waals surface area contributed by atoms with E-state index >= 15 is 0 Å². The van der Waals surface area contributed by atoms with E-state index in [4.69, 9.17) is 4.74 Å². The molecule has 0 saturated carbocycles. The second-order valence-electron chi connectivity index (χ2n) is 5.92. The maximum atomic E-state index is 5.82. The van der Waals surface area contributed by atoms with E-state index in [1.807, 2.05) is 12.1 Å². The maximum absolute atomic E-state index is 5.82. The number of hydrogen-bond donors (Lipinski definition) is 1. The Hall–Kier alpha value is -1.02. The molecular weight excluding hydrogens is 210 g/mol. The first kappa shape index (κ1) is 14.0. The minimum absolute atomic E-state index is 0.130. The maximum Gasteiger partial charge on any atom is 0.123 e. The third-order valence-corrected chi connectivity index (χ3v) is 2.35. The molecule has 0 fully saturated rings. The van der Waals surface area contributed by atoms with Crippen molar-refractivity contribution >= 4 is 0 Å². The largest absolute Gasteiger partial charge is 0.493 e. The topological polar surface area (TPSA) is 21.3 Å². The summed E-state index contributed by atoms with van der Waals surface area (Å²) in [4.78, 5) is 0. The van der Waals surface area contributed by atoms with Crippen LogP contribution in [0.15, 0.2) is 24.3 Å². The van der Waals surface area contributed by atoms with E-state index < -0.39 is 0 Å². The van der Waals surface area contributed by atoms with Gasteiger partial charge in [0.25, 0.3) is 0 Å². The van der Waals surface area contributed by atoms with Crippen LogP contribution in [0.5, 0.6) is 5.75 Å². The van der Waals surface area contributed by atoms with Crippen LogP contribution in [0.1, 0.15) is 40.2 Å². The minimum Gasteiger partial charge on any atom is -0.493 e. The molecule has 0 atom stereocenters. The second kappa shape index (κ2) is 6.06. The molecule has 0 saturated heterocycles. The second-order valence-corrected chi connectivity index (χ2v) is 5.92. The number of benzene rings is 1. The fourth-order valence-corrected chi connectivity index (χ4v) is 1.41. The highest BCUT2D eigenvalue weighted by molar-refractivity contribution is 5.33. The summed E-state index contributed by atoms with van der Waals surface area (Å²) in [6.07, 6.45) is 0. The monoisotopic (exact) mass is 235 g/mol. The van der Waals surface area contributed by atoms with Gasteiger partial charge < -0.3 is 10.1 Å². The molecule has 1 rings (SSSR count). The van der Waals surface area contributed by atoms with E-state index in [1.54, 1.807) is 0 Å². The van der Waals surface area contributed by atoms with Crippen LogP contribution >= 0.6 is 0 Å². The van der Waals surface area contributed by atoms with E-state index in [-0.39, 0.29) is 5.54 Å². The Morgan fingerprint density at radius 2 is 1.82 bits per heavy atom. The lowest BCUT2D eigenvalue weighted by atomic mass is 10.1. The van der Waals surface area contributed by atoms with E-state index in [2.05, 4.69) is 52.1 Å². The minimum atomic E-state index is 0.130. The lowest BCUT2D eigenvalue weighted by molar-refractivity contribution is 0.267. The predicted molar refractivity (Wildman–Crippen MR) is 73.4 cm³/mol. The van der Waals surface area contributed by atoms with Crippen LogP contribution in [0.2, 0.25) is 0 Å². The van der Waals surface area contributed by atoms with Gasteiger partial charge in [0.1, 0.15) is 5.75 Å². The highest BCUT2D eigenvalue weighted by Crippen LogP contribution is 2.19.